The molecule has 39 heavy (non-hydrogen) atoms. The van der Waals surface area contributed by atoms with Gasteiger partial charge in [-0.05, 0) is 67.5 Å². The highest BCUT2D eigenvalue weighted by molar-refractivity contribution is 7.91. The van der Waals surface area contributed by atoms with Crippen LogP contribution in [0.25, 0.3) is 10.1 Å². The minimum Gasteiger partial charge on any atom is -0.350 e. The van der Waals surface area contributed by atoms with Gasteiger partial charge in [-0.2, -0.15) is 4.72 Å². The van der Waals surface area contributed by atoms with E-state index in [0.717, 1.165) is 28.9 Å². The van der Waals surface area contributed by atoms with E-state index >= 15 is 0 Å². The summed E-state index contributed by atoms with van der Waals surface area (Å²) in [5.74, 6) is -0.863. The Hall–Kier alpha value is -3.06. The van der Waals surface area contributed by atoms with E-state index in [1.54, 1.807) is 53.7 Å². The molecule has 2 aliphatic rings. The molecular formula is C26H28ClN5O5S2. The summed E-state index contributed by atoms with van der Waals surface area (Å²) >= 11 is 7.13. The number of aromatic nitrogens is 1. The van der Waals surface area contributed by atoms with Gasteiger partial charge in [0.1, 0.15) is 10.3 Å². The monoisotopic (exact) mass is 589 g/mol. The third-order valence-electron chi connectivity index (χ3n) is 7.01. The minimum atomic E-state index is -3.94. The van der Waals surface area contributed by atoms with Crippen molar-refractivity contribution < 1.29 is 22.8 Å². The van der Waals surface area contributed by atoms with Gasteiger partial charge in [0.25, 0.3) is 15.9 Å². The van der Waals surface area contributed by atoms with Crippen LogP contribution in [0, 0.1) is 0 Å². The fourth-order valence-corrected chi connectivity index (χ4v) is 7.82. The average Bonchev–Trinajstić information content (AvgIpc) is 3.57. The van der Waals surface area contributed by atoms with Crippen molar-refractivity contribution in [3.05, 3.63) is 59.4 Å². The molecule has 0 saturated carbocycles. The number of pyridine rings is 1. The highest BCUT2D eigenvalue weighted by atomic mass is 35.5. The minimum absolute atomic E-state index is 0.106. The second-order valence-corrected chi connectivity index (χ2v) is 13.1. The number of halogens is 1. The molecule has 1 aromatic carbocycles. The van der Waals surface area contributed by atoms with Gasteiger partial charge in [0, 0.05) is 53.4 Å². The standard InChI is InChI=1S/C26H28ClN5O5S2/c27-19-5-6-22-18(13-19)14-24(38-22)39(36,37)30-21-4-2-11-31(26(21)35)16-23(33)32-12-1-3-20(32)15-29-25(34)17-7-9-28-10-8-17/h5-10,13-14,20-21,30H,1-4,11-12,15-16H2,(H,29,34). The first kappa shape index (κ1) is 27.5. The average molecular weight is 590 g/mol. The molecule has 2 fully saturated rings. The van der Waals surface area contributed by atoms with Crippen molar-refractivity contribution >= 4 is 60.8 Å². The number of fused-ring (bicyclic) bond motifs is 1. The number of hydrogen-bond acceptors (Lipinski definition) is 7. The molecule has 2 aromatic heterocycles. The quantitative estimate of drug-likeness (QED) is 0.416. The first-order valence-corrected chi connectivity index (χ1v) is 15.4. The summed E-state index contributed by atoms with van der Waals surface area (Å²) in [7, 11) is -3.94. The topological polar surface area (TPSA) is 129 Å². The zero-order valence-electron chi connectivity index (χ0n) is 21.0. The number of likely N-dealkylation sites (tertiary alicyclic amines) is 2. The van der Waals surface area contributed by atoms with E-state index in [0.29, 0.717) is 48.4 Å². The van der Waals surface area contributed by atoms with E-state index in [1.807, 2.05) is 0 Å². The lowest BCUT2D eigenvalue weighted by molar-refractivity contribution is -0.143. The Balaban J connectivity index is 1.19. The molecule has 206 valence electrons. The van der Waals surface area contributed by atoms with E-state index in [4.69, 9.17) is 11.6 Å². The van der Waals surface area contributed by atoms with Crippen molar-refractivity contribution in [1.29, 1.82) is 0 Å². The largest absolute Gasteiger partial charge is 0.350 e. The number of nitrogens with one attached hydrogen (secondary N) is 2. The zero-order chi connectivity index (χ0) is 27.6. The van der Waals surface area contributed by atoms with E-state index < -0.39 is 22.0 Å². The van der Waals surface area contributed by atoms with Gasteiger partial charge in [-0.15, -0.1) is 11.3 Å². The SMILES string of the molecule is O=C(NCC1CCCN1C(=O)CN1CCCC(NS(=O)(=O)c2cc3cc(Cl)ccc3s2)C1=O)c1ccncc1. The molecule has 3 amide bonds. The maximum absolute atomic E-state index is 13.2. The highest BCUT2D eigenvalue weighted by Gasteiger charge is 2.36. The molecule has 2 aliphatic heterocycles. The van der Waals surface area contributed by atoms with Crippen LogP contribution in [0.1, 0.15) is 36.0 Å². The van der Waals surface area contributed by atoms with Gasteiger partial charge in [0.05, 0.1) is 6.54 Å². The lowest BCUT2D eigenvalue weighted by Gasteiger charge is -2.34. The number of hydrogen-bond donors (Lipinski definition) is 2. The number of piperidine rings is 1. The van der Waals surface area contributed by atoms with Crippen LogP contribution in [-0.2, 0) is 19.6 Å². The Labute approximate surface area is 235 Å². The Kier molecular flexibility index (Phi) is 8.17. The van der Waals surface area contributed by atoms with Crippen LogP contribution in [0.3, 0.4) is 0 Å². The van der Waals surface area contributed by atoms with Crippen molar-refractivity contribution in [1.82, 2.24) is 24.8 Å². The van der Waals surface area contributed by atoms with Gasteiger partial charge in [-0.25, -0.2) is 8.42 Å². The normalized spacial score (nSPS) is 20.0. The van der Waals surface area contributed by atoms with Crippen LogP contribution in [0.2, 0.25) is 5.02 Å². The molecule has 0 spiro atoms. The zero-order valence-corrected chi connectivity index (χ0v) is 23.4. The van der Waals surface area contributed by atoms with Gasteiger partial charge >= 0.3 is 0 Å². The molecule has 13 heteroatoms. The molecule has 2 N–H and O–H groups in total. The van der Waals surface area contributed by atoms with Crippen molar-refractivity contribution in [3.8, 4) is 0 Å². The number of carbonyl (C=O) groups is 3. The second kappa shape index (κ2) is 11.6. The third-order valence-corrected chi connectivity index (χ3v) is 10.3. The number of benzene rings is 1. The van der Waals surface area contributed by atoms with Crippen molar-refractivity contribution in [2.75, 3.05) is 26.2 Å². The molecule has 0 bridgehead atoms. The molecule has 0 aliphatic carbocycles. The number of rotatable bonds is 8. The third kappa shape index (κ3) is 6.24. The second-order valence-electron chi connectivity index (χ2n) is 9.65. The van der Waals surface area contributed by atoms with Crippen molar-refractivity contribution in [3.63, 3.8) is 0 Å². The molecular weight excluding hydrogens is 562 g/mol. The van der Waals surface area contributed by atoms with Crippen LogP contribution < -0.4 is 10.0 Å². The van der Waals surface area contributed by atoms with Gasteiger partial charge in [-0.3, -0.25) is 19.4 Å². The van der Waals surface area contributed by atoms with Crippen LogP contribution in [0.15, 0.2) is 53.0 Å². The highest BCUT2D eigenvalue weighted by Crippen LogP contribution is 2.31. The van der Waals surface area contributed by atoms with Gasteiger partial charge in [-0.1, -0.05) is 11.6 Å². The Bertz CT molecular complexity index is 1500. The molecule has 4 heterocycles. The van der Waals surface area contributed by atoms with Crippen LogP contribution in [-0.4, -0.2) is 79.2 Å². The van der Waals surface area contributed by atoms with Gasteiger partial charge < -0.3 is 15.1 Å². The maximum Gasteiger partial charge on any atom is 0.251 e. The summed E-state index contributed by atoms with van der Waals surface area (Å²) in [5.41, 5.74) is 0.493. The maximum atomic E-state index is 13.2. The lowest BCUT2D eigenvalue weighted by Crippen LogP contribution is -2.55. The number of thiophene rings is 1. The summed E-state index contributed by atoms with van der Waals surface area (Å²) < 4.78 is 29.6. The van der Waals surface area contributed by atoms with E-state index in [-0.39, 0.29) is 28.6 Å². The first-order chi connectivity index (χ1) is 18.7. The summed E-state index contributed by atoms with van der Waals surface area (Å²) in [5, 5.41) is 4.10. The fraction of sp³-hybridized carbons (Fsp3) is 0.385. The fourth-order valence-electron chi connectivity index (χ4n) is 5.02. The number of amides is 3. The molecule has 0 radical (unpaired) electrons. The van der Waals surface area contributed by atoms with Gasteiger partial charge in [0.2, 0.25) is 11.8 Å². The van der Waals surface area contributed by atoms with Crippen LogP contribution >= 0.6 is 22.9 Å². The number of nitrogens with zero attached hydrogens (tertiary/aromatic N) is 3. The molecule has 5 rings (SSSR count). The van der Waals surface area contributed by atoms with Crippen LogP contribution in [0.4, 0.5) is 0 Å². The molecule has 2 unspecified atom stereocenters. The predicted octanol–water partition coefficient (Wildman–Crippen LogP) is 2.64. The summed E-state index contributed by atoms with van der Waals surface area (Å²) in [6.45, 7) is 1.10. The molecule has 10 nitrogen and oxygen atoms in total. The number of sulfonamides is 1. The van der Waals surface area contributed by atoms with Crippen LogP contribution in [0.5, 0.6) is 0 Å². The summed E-state index contributed by atoms with van der Waals surface area (Å²) in [6, 6.07) is 8.83. The smallest absolute Gasteiger partial charge is 0.251 e. The van der Waals surface area contributed by atoms with E-state index in [2.05, 4.69) is 15.0 Å². The van der Waals surface area contributed by atoms with E-state index in [1.165, 1.54) is 4.90 Å². The predicted molar refractivity (Wildman–Crippen MR) is 148 cm³/mol. The number of carbonyl (C=O) groups excluding carboxylic acids is 3. The Morgan fingerprint density at radius 1 is 1.08 bits per heavy atom. The Morgan fingerprint density at radius 2 is 1.85 bits per heavy atom. The molecule has 2 saturated heterocycles. The first-order valence-electron chi connectivity index (χ1n) is 12.7. The lowest BCUT2D eigenvalue weighted by atomic mass is 10.1. The summed E-state index contributed by atoms with van der Waals surface area (Å²) in [6.07, 6.45) is 5.56. The van der Waals surface area contributed by atoms with Crippen molar-refractivity contribution in [2.45, 2.75) is 42.0 Å². The summed E-state index contributed by atoms with van der Waals surface area (Å²) in [4.78, 5) is 45.8. The molecule has 3 aromatic rings. The van der Waals surface area contributed by atoms with Gasteiger partial charge in [0.15, 0.2) is 0 Å². The Morgan fingerprint density at radius 3 is 2.64 bits per heavy atom. The van der Waals surface area contributed by atoms with E-state index in [9.17, 15) is 22.8 Å². The molecule has 2 atom stereocenters. The van der Waals surface area contributed by atoms with Crippen molar-refractivity contribution in [2.24, 2.45) is 0 Å².